The van der Waals surface area contributed by atoms with Crippen molar-refractivity contribution >= 4 is 5.97 Å². The summed E-state index contributed by atoms with van der Waals surface area (Å²) in [7, 11) is 2.21. The first kappa shape index (κ1) is 19.0. The van der Waals surface area contributed by atoms with Crippen LogP contribution in [0.3, 0.4) is 0 Å². The largest absolute Gasteiger partial charge is 0.463 e. The van der Waals surface area contributed by atoms with E-state index in [2.05, 4.69) is 26.6 Å². The molecule has 25 heavy (non-hydrogen) atoms. The first-order valence-electron chi connectivity index (χ1n) is 9.81. The lowest BCUT2D eigenvalue weighted by molar-refractivity contribution is -0.146. The van der Waals surface area contributed by atoms with Gasteiger partial charge in [-0.1, -0.05) is 0 Å². The average molecular weight is 354 g/mol. The lowest BCUT2D eigenvalue weighted by atomic mass is 10.0. The van der Waals surface area contributed by atoms with Crippen LogP contribution in [0.25, 0.3) is 0 Å². The first-order valence-corrected chi connectivity index (χ1v) is 9.81. The number of likely N-dealkylation sites (tertiary alicyclic amines) is 1. The van der Waals surface area contributed by atoms with Crippen molar-refractivity contribution in [1.82, 2.24) is 19.6 Å². The minimum absolute atomic E-state index is 0.0824. The molecule has 144 valence electrons. The van der Waals surface area contributed by atoms with E-state index in [9.17, 15) is 4.79 Å². The summed E-state index contributed by atoms with van der Waals surface area (Å²) < 4.78 is 10.7. The molecule has 3 aliphatic heterocycles. The Kier molecular flexibility index (Phi) is 7.49. The van der Waals surface area contributed by atoms with Gasteiger partial charge in [-0.05, 0) is 33.0 Å². The average Bonchev–Trinajstić information content (AvgIpc) is 2.64. The molecule has 0 saturated carbocycles. The number of hydrogen-bond donors (Lipinski definition) is 0. The van der Waals surface area contributed by atoms with Crippen molar-refractivity contribution in [2.45, 2.75) is 18.9 Å². The van der Waals surface area contributed by atoms with Gasteiger partial charge in [-0.3, -0.25) is 19.5 Å². The van der Waals surface area contributed by atoms with Gasteiger partial charge in [-0.25, -0.2) is 0 Å². The maximum Gasteiger partial charge on any atom is 0.320 e. The number of piperazine rings is 1. The topological polar surface area (TPSA) is 48.5 Å². The fourth-order valence-electron chi connectivity index (χ4n) is 3.99. The van der Waals surface area contributed by atoms with Gasteiger partial charge in [0.05, 0.1) is 19.8 Å². The van der Waals surface area contributed by atoms with Crippen LogP contribution in [0.5, 0.6) is 0 Å². The second-order valence-electron chi connectivity index (χ2n) is 7.52. The Hall–Kier alpha value is -0.730. The third kappa shape index (κ3) is 6.18. The van der Waals surface area contributed by atoms with Gasteiger partial charge >= 0.3 is 5.97 Å². The van der Waals surface area contributed by atoms with E-state index < -0.39 is 0 Å². The number of piperidine rings is 1. The van der Waals surface area contributed by atoms with Crippen LogP contribution in [0, 0.1) is 0 Å². The van der Waals surface area contributed by atoms with Crippen molar-refractivity contribution in [2.75, 3.05) is 92.3 Å². The molecular formula is C18H34N4O3. The summed E-state index contributed by atoms with van der Waals surface area (Å²) in [6.07, 6.45) is 2.56. The fraction of sp³-hybridized carbons (Fsp3) is 0.944. The van der Waals surface area contributed by atoms with Crippen molar-refractivity contribution in [2.24, 2.45) is 0 Å². The van der Waals surface area contributed by atoms with E-state index in [4.69, 9.17) is 9.47 Å². The minimum atomic E-state index is -0.0824. The molecule has 3 aliphatic rings. The maximum absolute atomic E-state index is 12.0. The second-order valence-corrected chi connectivity index (χ2v) is 7.52. The predicted octanol–water partition coefficient (Wildman–Crippen LogP) is -0.426. The summed E-state index contributed by atoms with van der Waals surface area (Å²) in [4.78, 5) is 21.6. The molecule has 7 heteroatoms. The number of nitrogens with zero attached hydrogens (tertiary/aromatic N) is 4. The van der Waals surface area contributed by atoms with E-state index in [1.54, 1.807) is 0 Å². The number of morpholine rings is 1. The molecule has 0 spiro atoms. The third-order valence-corrected chi connectivity index (χ3v) is 5.74. The third-order valence-electron chi connectivity index (χ3n) is 5.74. The van der Waals surface area contributed by atoms with Crippen LogP contribution in [0.2, 0.25) is 0 Å². The van der Waals surface area contributed by atoms with Crippen LogP contribution in [0.1, 0.15) is 12.8 Å². The van der Waals surface area contributed by atoms with E-state index in [-0.39, 0.29) is 5.97 Å². The number of ether oxygens (including phenoxy) is 2. The highest BCUT2D eigenvalue weighted by atomic mass is 16.5. The Labute approximate surface area is 151 Å². The highest BCUT2D eigenvalue weighted by molar-refractivity contribution is 5.71. The van der Waals surface area contributed by atoms with Crippen LogP contribution >= 0.6 is 0 Å². The van der Waals surface area contributed by atoms with E-state index in [0.29, 0.717) is 13.2 Å². The summed E-state index contributed by atoms with van der Waals surface area (Å²) >= 11 is 0. The first-order chi connectivity index (χ1) is 12.2. The van der Waals surface area contributed by atoms with Gasteiger partial charge in [-0.2, -0.15) is 0 Å². The highest BCUT2D eigenvalue weighted by Crippen LogP contribution is 2.17. The zero-order chi connectivity index (χ0) is 17.5. The maximum atomic E-state index is 12.0. The van der Waals surface area contributed by atoms with Gasteiger partial charge < -0.3 is 14.4 Å². The Morgan fingerprint density at radius 3 is 2.32 bits per heavy atom. The zero-order valence-corrected chi connectivity index (χ0v) is 15.7. The summed E-state index contributed by atoms with van der Waals surface area (Å²) in [5.74, 6) is -0.0824. The molecule has 0 unspecified atom stereocenters. The van der Waals surface area contributed by atoms with E-state index >= 15 is 0 Å². The van der Waals surface area contributed by atoms with Gasteiger partial charge in [0.1, 0.15) is 6.61 Å². The molecular weight excluding hydrogens is 320 g/mol. The number of hydrogen-bond acceptors (Lipinski definition) is 7. The van der Waals surface area contributed by atoms with E-state index in [0.717, 1.165) is 65.1 Å². The second kappa shape index (κ2) is 9.83. The molecule has 0 amide bonds. The van der Waals surface area contributed by atoms with Crippen molar-refractivity contribution in [3.05, 3.63) is 0 Å². The number of carbonyl (C=O) groups excluding carboxylic acids is 1. The van der Waals surface area contributed by atoms with Gasteiger partial charge in [0, 0.05) is 51.9 Å². The molecule has 7 nitrogen and oxygen atoms in total. The smallest absolute Gasteiger partial charge is 0.320 e. The molecule has 0 aromatic carbocycles. The quantitative estimate of drug-likeness (QED) is 0.600. The van der Waals surface area contributed by atoms with Crippen LogP contribution in [-0.4, -0.2) is 124 Å². The Morgan fingerprint density at radius 1 is 0.960 bits per heavy atom. The minimum Gasteiger partial charge on any atom is -0.463 e. The van der Waals surface area contributed by atoms with Crippen molar-refractivity contribution < 1.29 is 14.3 Å². The summed E-state index contributed by atoms with van der Waals surface area (Å²) in [5.41, 5.74) is 0. The predicted molar refractivity (Wildman–Crippen MR) is 96.8 cm³/mol. The molecule has 3 fully saturated rings. The van der Waals surface area contributed by atoms with E-state index in [1.807, 2.05) is 0 Å². The molecule has 0 bridgehead atoms. The summed E-state index contributed by atoms with van der Waals surface area (Å²) in [6.45, 7) is 11.7. The lowest BCUT2D eigenvalue weighted by Crippen LogP contribution is -2.53. The molecule has 0 N–H and O–H groups in total. The van der Waals surface area contributed by atoms with Crippen molar-refractivity contribution in [3.63, 3.8) is 0 Å². The number of esters is 1. The molecule has 3 rings (SSSR count). The normalized spacial score (nSPS) is 26.0. The van der Waals surface area contributed by atoms with Crippen LogP contribution < -0.4 is 0 Å². The van der Waals surface area contributed by atoms with E-state index in [1.165, 1.54) is 25.9 Å². The molecule has 0 atom stereocenters. The Bertz CT molecular complexity index is 401. The summed E-state index contributed by atoms with van der Waals surface area (Å²) in [5, 5.41) is 0. The fourth-order valence-corrected chi connectivity index (χ4v) is 3.99. The van der Waals surface area contributed by atoms with Crippen LogP contribution in [0.15, 0.2) is 0 Å². The molecule has 0 aliphatic carbocycles. The molecule has 3 saturated heterocycles. The molecule has 0 radical (unpaired) electrons. The molecule has 0 aromatic rings. The highest BCUT2D eigenvalue weighted by Gasteiger charge is 2.27. The SMILES string of the molecule is CN1CCC(N2CCN(CC(=O)OCCN3CCOCC3)CC2)CC1. The number of carbonyl (C=O) groups is 1. The van der Waals surface area contributed by atoms with Crippen molar-refractivity contribution in [3.8, 4) is 0 Å². The standard InChI is InChI=1S/C18H34N4O3/c1-19-4-2-17(3-5-19)22-8-6-21(7-9-22)16-18(23)25-15-12-20-10-13-24-14-11-20/h17H,2-16H2,1H3. The lowest BCUT2D eigenvalue weighted by Gasteiger charge is -2.42. The van der Waals surface area contributed by atoms with Gasteiger partial charge in [-0.15, -0.1) is 0 Å². The monoisotopic (exact) mass is 354 g/mol. The summed E-state index contributed by atoms with van der Waals surface area (Å²) in [6, 6.07) is 0.735. The van der Waals surface area contributed by atoms with Crippen LogP contribution in [-0.2, 0) is 14.3 Å². The number of rotatable bonds is 6. The van der Waals surface area contributed by atoms with Crippen LogP contribution in [0.4, 0.5) is 0 Å². The Morgan fingerprint density at radius 2 is 1.64 bits per heavy atom. The Balaban J connectivity index is 1.27. The van der Waals surface area contributed by atoms with Crippen molar-refractivity contribution in [1.29, 1.82) is 0 Å². The van der Waals surface area contributed by atoms with Gasteiger partial charge in [0.2, 0.25) is 0 Å². The molecule has 3 heterocycles. The molecule has 0 aromatic heterocycles. The van der Waals surface area contributed by atoms with Gasteiger partial charge in [0.15, 0.2) is 0 Å². The zero-order valence-electron chi connectivity index (χ0n) is 15.7. The van der Waals surface area contributed by atoms with Gasteiger partial charge in [0.25, 0.3) is 0 Å².